The second-order valence-corrected chi connectivity index (χ2v) is 5.21. The van der Waals surface area contributed by atoms with Gasteiger partial charge in [-0.2, -0.15) is 0 Å². The molecule has 0 aliphatic carbocycles. The summed E-state index contributed by atoms with van der Waals surface area (Å²) in [5, 5.41) is 4.10. The molecule has 2 aromatic rings. The molecule has 0 amide bonds. The normalized spacial score (nSPS) is 13.6. The van der Waals surface area contributed by atoms with Crippen LogP contribution in [0.1, 0.15) is 35.3 Å². The van der Waals surface area contributed by atoms with Gasteiger partial charge in [-0.3, -0.25) is 0 Å². The van der Waals surface area contributed by atoms with Crippen molar-refractivity contribution >= 4 is 11.6 Å². The van der Waals surface area contributed by atoms with Crippen LogP contribution in [0.5, 0.6) is 0 Å². The molecule has 1 N–H and O–H groups in total. The Kier molecular flexibility index (Phi) is 3.49. The minimum atomic E-state index is 0.737. The number of rotatable bonds is 3. The van der Waals surface area contributed by atoms with Gasteiger partial charge in [0.05, 0.1) is 5.69 Å². The quantitative estimate of drug-likeness (QED) is 0.934. The Morgan fingerprint density at radius 1 is 1.26 bits per heavy atom. The molecule has 1 aliphatic rings. The van der Waals surface area contributed by atoms with Gasteiger partial charge in [-0.15, -0.1) is 0 Å². The highest BCUT2D eigenvalue weighted by Gasteiger charge is 2.17. The predicted octanol–water partition coefficient (Wildman–Crippen LogP) is 2.89. The lowest BCUT2D eigenvalue weighted by molar-refractivity contribution is 0.754. The van der Waals surface area contributed by atoms with Crippen molar-refractivity contribution in [1.29, 1.82) is 0 Å². The maximum atomic E-state index is 6.01. The highest BCUT2D eigenvalue weighted by atomic mass is 35.5. The largest absolute Gasteiger partial charge is 0.307 e. The first-order chi connectivity index (χ1) is 9.26. The molecule has 0 radical (unpaired) electrons. The first-order valence-electron chi connectivity index (χ1n) is 6.59. The summed E-state index contributed by atoms with van der Waals surface area (Å²) in [4.78, 5) is 9.36. The van der Waals surface area contributed by atoms with Crippen LogP contribution < -0.4 is 5.32 Å². The van der Waals surface area contributed by atoms with Gasteiger partial charge in [-0.25, -0.2) is 9.97 Å². The van der Waals surface area contributed by atoms with Crippen molar-refractivity contribution in [1.82, 2.24) is 15.3 Å². The van der Waals surface area contributed by atoms with E-state index in [1.54, 1.807) is 0 Å². The number of aromatic nitrogens is 2. The molecule has 3 nitrogen and oxygen atoms in total. The number of nitrogens with zero attached hydrogens (tertiary/aromatic N) is 2. The smallest absolute Gasteiger partial charge is 0.133 e. The number of benzene rings is 1. The molecule has 0 spiro atoms. The number of hydrogen-bond donors (Lipinski definition) is 1. The van der Waals surface area contributed by atoms with Gasteiger partial charge in [0.2, 0.25) is 0 Å². The zero-order valence-electron chi connectivity index (χ0n) is 10.9. The minimum absolute atomic E-state index is 0.737. The topological polar surface area (TPSA) is 37.8 Å². The first kappa shape index (κ1) is 12.6. The van der Waals surface area contributed by atoms with Crippen molar-refractivity contribution in [2.24, 2.45) is 0 Å². The van der Waals surface area contributed by atoms with Crippen LogP contribution >= 0.6 is 11.6 Å². The average molecular weight is 274 g/mol. The summed E-state index contributed by atoms with van der Waals surface area (Å²) in [6.45, 7) is 3.90. The van der Waals surface area contributed by atoms with Crippen LogP contribution in [0, 0.1) is 0 Å². The lowest BCUT2D eigenvalue weighted by Crippen LogP contribution is -2.06. The third-order valence-corrected chi connectivity index (χ3v) is 3.64. The molecule has 1 aromatic carbocycles. The number of fused-ring (bicyclic) bond motifs is 1. The highest BCUT2D eigenvalue weighted by molar-refractivity contribution is 6.30. The Hall–Kier alpha value is -1.45. The lowest BCUT2D eigenvalue weighted by atomic mass is 10.1. The molecule has 0 atom stereocenters. The Morgan fingerprint density at radius 3 is 2.95 bits per heavy atom. The number of aryl methyl sites for hydroxylation is 1. The molecule has 1 aliphatic heterocycles. The molecule has 0 saturated carbocycles. The second kappa shape index (κ2) is 5.27. The van der Waals surface area contributed by atoms with Crippen LogP contribution in [0.15, 0.2) is 24.3 Å². The van der Waals surface area contributed by atoms with Gasteiger partial charge < -0.3 is 5.32 Å². The third kappa shape index (κ3) is 2.62. The Bertz CT molecular complexity index is 610. The van der Waals surface area contributed by atoms with Crippen LogP contribution in [0.2, 0.25) is 5.02 Å². The monoisotopic (exact) mass is 273 g/mol. The highest BCUT2D eigenvalue weighted by Crippen LogP contribution is 2.19. The van der Waals surface area contributed by atoms with Gasteiger partial charge in [-0.1, -0.05) is 30.7 Å². The summed E-state index contributed by atoms with van der Waals surface area (Å²) in [6.07, 6.45) is 1.69. The molecule has 19 heavy (non-hydrogen) atoms. The van der Waals surface area contributed by atoms with Crippen molar-refractivity contribution in [3.8, 4) is 0 Å². The minimum Gasteiger partial charge on any atom is -0.307 e. The van der Waals surface area contributed by atoms with Gasteiger partial charge in [0, 0.05) is 35.8 Å². The second-order valence-electron chi connectivity index (χ2n) is 4.78. The fourth-order valence-corrected chi connectivity index (χ4v) is 2.71. The summed E-state index contributed by atoms with van der Waals surface area (Å²) < 4.78 is 0. The van der Waals surface area contributed by atoms with Gasteiger partial charge in [0.1, 0.15) is 5.82 Å². The zero-order chi connectivity index (χ0) is 13.2. The summed E-state index contributed by atoms with van der Waals surface area (Å²) in [7, 11) is 0. The number of hydrogen-bond acceptors (Lipinski definition) is 3. The molecule has 1 aromatic heterocycles. The molecular formula is C15H16ClN3. The summed E-state index contributed by atoms with van der Waals surface area (Å²) in [5.74, 6) is 0.890. The SMILES string of the molecule is CCc1nc(Cc2cccc(Cl)c2)nc2c1CNC2. The van der Waals surface area contributed by atoms with E-state index in [1.165, 1.54) is 11.3 Å². The summed E-state index contributed by atoms with van der Waals surface area (Å²) >= 11 is 6.01. The van der Waals surface area contributed by atoms with Crippen molar-refractivity contribution < 1.29 is 0 Å². The number of halogens is 1. The van der Waals surface area contributed by atoms with Gasteiger partial charge >= 0.3 is 0 Å². The Morgan fingerprint density at radius 2 is 2.16 bits per heavy atom. The van der Waals surface area contributed by atoms with Crippen molar-refractivity contribution in [2.75, 3.05) is 0 Å². The Balaban J connectivity index is 1.93. The molecule has 4 heteroatoms. The van der Waals surface area contributed by atoms with E-state index >= 15 is 0 Å². The van der Waals surface area contributed by atoms with E-state index in [0.29, 0.717) is 0 Å². The van der Waals surface area contributed by atoms with E-state index < -0.39 is 0 Å². The standard InChI is InChI=1S/C15H16ClN3/c1-2-13-12-8-17-9-14(12)19-15(18-13)7-10-4-3-5-11(16)6-10/h3-6,17H,2,7-9H2,1H3. The van der Waals surface area contributed by atoms with E-state index in [2.05, 4.69) is 23.3 Å². The fraction of sp³-hybridized carbons (Fsp3) is 0.333. The third-order valence-electron chi connectivity index (χ3n) is 3.41. The summed E-state index contributed by atoms with van der Waals surface area (Å²) in [6, 6.07) is 7.89. The predicted molar refractivity (Wildman–Crippen MR) is 76.2 cm³/mol. The Labute approximate surface area is 118 Å². The first-order valence-corrected chi connectivity index (χ1v) is 6.96. The molecule has 98 valence electrons. The van der Waals surface area contributed by atoms with Crippen LogP contribution in [-0.4, -0.2) is 9.97 Å². The fourth-order valence-electron chi connectivity index (χ4n) is 2.50. The molecule has 2 heterocycles. The molecule has 0 fully saturated rings. The maximum Gasteiger partial charge on any atom is 0.133 e. The van der Waals surface area contributed by atoms with Crippen LogP contribution in [-0.2, 0) is 25.9 Å². The van der Waals surface area contributed by atoms with E-state index in [-0.39, 0.29) is 0 Å². The lowest BCUT2D eigenvalue weighted by Gasteiger charge is -2.08. The average Bonchev–Trinajstić information content (AvgIpc) is 2.86. The molecule has 3 rings (SSSR count). The number of nitrogens with one attached hydrogen (secondary N) is 1. The zero-order valence-corrected chi connectivity index (χ0v) is 11.7. The molecule has 0 unspecified atom stereocenters. The van der Waals surface area contributed by atoms with Gasteiger partial charge in [-0.05, 0) is 24.1 Å². The van der Waals surface area contributed by atoms with Crippen LogP contribution in [0.3, 0.4) is 0 Å². The van der Waals surface area contributed by atoms with Gasteiger partial charge in [0.15, 0.2) is 0 Å². The van der Waals surface area contributed by atoms with E-state index in [1.807, 2.05) is 18.2 Å². The summed E-state index contributed by atoms with van der Waals surface area (Å²) in [5.41, 5.74) is 4.77. The van der Waals surface area contributed by atoms with Gasteiger partial charge in [0.25, 0.3) is 0 Å². The van der Waals surface area contributed by atoms with E-state index in [9.17, 15) is 0 Å². The molecular weight excluding hydrogens is 258 g/mol. The van der Waals surface area contributed by atoms with Crippen LogP contribution in [0.25, 0.3) is 0 Å². The van der Waals surface area contributed by atoms with Crippen LogP contribution in [0.4, 0.5) is 0 Å². The van der Waals surface area contributed by atoms with E-state index in [0.717, 1.165) is 48.0 Å². The van der Waals surface area contributed by atoms with Crippen molar-refractivity contribution in [2.45, 2.75) is 32.9 Å². The van der Waals surface area contributed by atoms with E-state index in [4.69, 9.17) is 16.6 Å². The molecule has 0 saturated heterocycles. The van der Waals surface area contributed by atoms with Crippen molar-refractivity contribution in [3.63, 3.8) is 0 Å². The van der Waals surface area contributed by atoms with Crippen molar-refractivity contribution in [3.05, 3.63) is 57.6 Å². The maximum absolute atomic E-state index is 6.01. The molecule has 0 bridgehead atoms.